The van der Waals surface area contributed by atoms with Crippen molar-refractivity contribution < 1.29 is 22.3 Å². The highest BCUT2D eigenvalue weighted by Crippen LogP contribution is 2.43. The molecule has 0 spiro atoms. The van der Waals surface area contributed by atoms with E-state index in [1.807, 2.05) is 24.3 Å². The number of ether oxygens (including phenoxy) is 1. The molecule has 0 heterocycles. The average Bonchev–Trinajstić information content (AvgIpc) is 2.68. The summed E-state index contributed by atoms with van der Waals surface area (Å²) in [5.74, 6) is -3.31. The summed E-state index contributed by atoms with van der Waals surface area (Å²) in [7, 11) is 0. The second-order valence-corrected chi connectivity index (χ2v) is 7.65. The first-order valence-electron chi connectivity index (χ1n) is 9.42. The lowest BCUT2D eigenvalue weighted by Crippen LogP contribution is -2.39. The third-order valence-corrected chi connectivity index (χ3v) is 5.33. The lowest BCUT2D eigenvalue weighted by Gasteiger charge is -2.24. The molecule has 0 fully saturated rings. The summed E-state index contributed by atoms with van der Waals surface area (Å²) in [4.78, 5) is 0. The van der Waals surface area contributed by atoms with E-state index in [1.54, 1.807) is 12.1 Å². The van der Waals surface area contributed by atoms with Crippen molar-refractivity contribution in [2.45, 2.75) is 50.2 Å². The van der Waals surface area contributed by atoms with Crippen LogP contribution in [0.2, 0.25) is 0 Å². The zero-order valence-corrected chi connectivity index (χ0v) is 17.0. The fourth-order valence-corrected chi connectivity index (χ4v) is 3.16. The minimum absolute atomic E-state index is 0.131. The van der Waals surface area contributed by atoms with E-state index in [4.69, 9.17) is 4.74 Å². The van der Waals surface area contributed by atoms with Gasteiger partial charge >= 0.3 is 11.2 Å². The average molecular weight is 415 g/mol. The molecule has 0 saturated heterocycles. The molecule has 0 N–H and O–H groups in total. The largest absolute Gasteiger partial charge is 0.494 e. The highest BCUT2D eigenvalue weighted by atomic mass is 32.2. The molecule has 0 unspecified atom stereocenters. The van der Waals surface area contributed by atoms with Gasteiger partial charge in [-0.1, -0.05) is 74.3 Å². The number of rotatable bonds is 11. The maximum atomic E-state index is 13.7. The Hall–Kier alpha value is -1.69. The van der Waals surface area contributed by atoms with Crippen LogP contribution < -0.4 is 4.74 Å². The van der Waals surface area contributed by atoms with Crippen LogP contribution in [-0.4, -0.2) is 24.0 Å². The van der Waals surface area contributed by atoms with Crippen LogP contribution in [0.1, 0.15) is 38.2 Å². The zero-order valence-electron chi connectivity index (χ0n) is 16.2. The third kappa shape index (κ3) is 6.16. The number of thioether (sulfide) groups is 1. The fourth-order valence-electron chi connectivity index (χ4n) is 2.79. The van der Waals surface area contributed by atoms with Gasteiger partial charge in [0, 0.05) is 6.42 Å². The molecule has 0 aliphatic carbocycles. The number of hydrogen-bond donors (Lipinski definition) is 0. The van der Waals surface area contributed by atoms with Gasteiger partial charge in [0.25, 0.3) is 0 Å². The maximum absolute atomic E-state index is 13.7. The normalized spacial score (nSPS) is 12.2. The van der Waals surface area contributed by atoms with E-state index in [0.717, 1.165) is 36.0 Å². The monoisotopic (exact) mass is 414 g/mol. The van der Waals surface area contributed by atoms with Crippen molar-refractivity contribution in [1.82, 2.24) is 0 Å². The second-order valence-electron chi connectivity index (χ2n) is 6.73. The predicted octanol–water partition coefficient (Wildman–Crippen LogP) is 7.45. The summed E-state index contributed by atoms with van der Waals surface area (Å²) < 4.78 is 59.9. The van der Waals surface area contributed by atoms with Crippen LogP contribution in [0.3, 0.4) is 0 Å². The van der Waals surface area contributed by atoms with Crippen molar-refractivity contribution in [2.24, 2.45) is 0 Å². The van der Waals surface area contributed by atoms with Crippen LogP contribution in [0.15, 0.2) is 48.5 Å². The quantitative estimate of drug-likeness (QED) is 0.279. The molecule has 28 heavy (non-hydrogen) atoms. The maximum Gasteiger partial charge on any atom is 0.356 e. The first-order valence-corrected chi connectivity index (χ1v) is 10.6. The Balaban J connectivity index is 1.96. The van der Waals surface area contributed by atoms with Gasteiger partial charge in [0.2, 0.25) is 0 Å². The molecular formula is C22H26F4OS. The molecule has 0 amide bonds. The number of unbranched alkanes of at least 4 members (excludes halogenated alkanes) is 3. The van der Waals surface area contributed by atoms with Gasteiger partial charge in [-0.2, -0.15) is 17.6 Å². The Morgan fingerprint density at radius 1 is 0.821 bits per heavy atom. The van der Waals surface area contributed by atoms with Crippen LogP contribution in [0, 0.1) is 0 Å². The van der Waals surface area contributed by atoms with E-state index in [1.165, 1.54) is 25.0 Å². The summed E-state index contributed by atoms with van der Waals surface area (Å²) in [6.45, 7) is 2.85. The Bertz CT molecular complexity index is 714. The molecule has 2 aromatic carbocycles. The van der Waals surface area contributed by atoms with Crippen molar-refractivity contribution in [3.05, 3.63) is 54.1 Å². The summed E-state index contributed by atoms with van der Waals surface area (Å²) in [5.41, 5.74) is 1.92. The van der Waals surface area contributed by atoms with Gasteiger partial charge in [-0.05, 0) is 41.5 Å². The van der Waals surface area contributed by atoms with Crippen LogP contribution in [0.25, 0.3) is 11.1 Å². The minimum Gasteiger partial charge on any atom is -0.494 e. The molecule has 0 atom stereocenters. The third-order valence-electron chi connectivity index (χ3n) is 4.52. The van der Waals surface area contributed by atoms with Gasteiger partial charge in [-0.15, -0.1) is 0 Å². The topological polar surface area (TPSA) is 9.23 Å². The fraction of sp³-hybridized carbons (Fsp3) is 0.455. The second kappa shape index (κ2) is 10.2. The van der Waals surface area contributed by atoms with E-state index < -0.39 is 17.6 Å². The molecule has 0 aliphatic heterocycles. The molecule has 0 bridgehead atoms. The number of hydrogen-bond acceptors (Lipinski definition) is 2. The van der Waals surface area contributed by atoms with E-state index in [2.05, 4.69) is 6.92 Å². The van der Waals surface area contributed by atoms with Crippen molar-refractivity contribution in [3.8, 4) is 16.9 Å². The molecule has 6 heteroatoms. The van der Waals surface area contributed by atoms with E-state index in [-0.39, 0.29) is 17.3 Å². The van der Waals surface area contributed by atoms with Crippen LogP contribution in [0.5, 0.6) is 5.75 Å². The predicted molar refractivity (Wildman–Crippen MR) is 109 cm³/mol. The van der Waals surface area contributed by atoms with Gasteiger partial charge in [-0.25, -0.2) is 0 Å². The molecular weight excluding hydrogens is 388 g/mol. The first-order chi connectivity index (χ1) is 13.3. The summed E-state index contributed by atoms with van der Waals surface area (Å²) >= 11 is -0.131. The Morgan fingerprint density at radius 3 is 1.93 bits per heavy atom. The van der Waals surface area contributed by atoms with Crippen LogP contribution in [0.4, 0.5) is 17.6 Å². The van der Waals surface area contributed by atoms with E-state index >= 15 is 0 Å². The highest BCUT2D eigenvalue weighted by Gasteiger charge is 2.55. The summed E-state index contributed by atoms with van der Waals surface area (Å²) in [6.07, 6.45) is 4.56. The van der Waals surface area contributed by atoms with Gasteiger partial charge in [0.05, 0.1) is 6.61 Å². The van der Waals surface area contributed by atoms with Gasteiger partial charge in [0.1, 0.15) is 5.75 Å². The summed E-state index contributed by atoms with van der Waals surface area (Å²) in [6, 6.07) is 13.8. The smallest absolute Gasteiger partial charge is 0.356 e. The molecule has 2 rings (SSSR count). The standard InChI is InChI=1S/C22H26F4OS/c1-3-4-5-6-15-27-20-13-11-19(12-14-20)18-9-7-17(8-10-18)16-21(23,24)22(25,26)28-2/h7-14H,3-6,15-16H2,1-2H3. The molecule has 2 aromatic rings. The lowest BCUT2D eigenvalue weighted by molar-refractivity contribution is -0.150. The Labute approximate surface area is 168 Å². The number of alkyl halides is 4. The molecule has 0 aliphatic rings. The molecule has 0 radical (unpaired) electrons. The van der Waals surface area contributed by atoms with Crippen molar-refractivity contribution >= 4 is 11.8 Å². The molecule has 154 valence electrons. The SMILES string of the molecule is CCCCCCOc1ccc(-c2ccc(CC(F)(F)C(F)(F)SC)cc2)cc1. The number of halogens is 4. The number of benzene rings is 2. The van der Waals surface area contributed by atoms with E-state index in [9.17, 15) is 17.6 Å². The minimum atomic E-state index is -4.09. The summed E-state index contributed by atoms with van der Waals surface area (Å²) in [5, 5.41) is -4.09. The van der Waals surface area contributed by atoms with E-state index in [0.29, 0.717) is 6.61 Å². The highest BCUT2D eigenvalue weighted by molar-refractivity contribution is 7.99. The lowest BCUT2D eigenvalue weighted by atomic mass is 10.0. The van der Waals surface area contributed by atoms with Crippen LogP contribution in [-0.2, 0) is 6.42 Å². The van der Waals surface area contributed by atoms with Crippen LogP contribution >= 0.6 is 11.8 Å². The van der Waals surface area contributed by atoms with Gasteiger partial charge in [-0.3, -0.25) is 0 Å². The Morgan fingerprint density at radius 2 is 1.39 bits per heavy atom. The van der Waals surface area contributed by atoms with Crippen molar-refractivity contribution in [3.63, 3.8) is 0 Å². The molecule has 0 saturated carbocycles. The zero-order chi connectivity index (χ0) is 20.6. The first kappa shape index (κ1) is 22.6. The van der Waals surface area contributed by atoms with Crippen molar-refractivity contribution in [1.29, 1.82) is 0 Å². The van der Waals surface area contributed by atoms with Gasteiger partial charge < -0.3 is 4.74 Å². The van der Waals surface area contributed by atoms with Crippen molar-refractivity contribution in [2.75, 3.05) is 12.9 Å². The van der Waals surface area contributed by atoms with Gasteiger partial charge in [0.15, 0.2) is 0 Å². The molecule has 0 aromatic heterocycles. The molecule has 1 nitrogen and oxygen atoms in total. The Kier molecular flexibility index (Phi) is 8.23.